The maximum Gasteiger partial charge on any atom is 0.251 e. The van der Waals surface area contributed by atoms with Crippen molar-refractivity contribution in [3.8, 4) is 0 Å². The Morgan fingerprint density at radius 3 is 2.15 bits per heavy atom. The highest BCUT2D eigenvalue weighted by Crippen LogP contribution is 2.20. The number of carbonyl (C=O) groups is 3. The average Bonchev–Trinajstić information content (AvgIpc) is 2.26. The molecule has 0 fully saturated rings. The van der Waals surface area contributed by atoms with Gasteiger partial charge in [0.05, 0.1) is 11.5 Å². The highest BCUT2D eigenvalue weighted by atomic mass is 35.5. The lowest BCUT2D eigenvalue weighted by Gasteiger charge is -2.32. The summed E-state index contributed by atoms with van der Waals surface area (Å²) in [6.45, 7) is 6.00. The SMILES string of the molecule is CC(=O)C(C(C)=O)C(C)(C)NC(=O)c1cccc(Cl)c1. The molecule has 0 spiro atoms. The summed E-state index contributed by atoms with van der Waals surface area (Å²) in [5.74, 6) is -1.78. The number of nitrogens with one attached hydrogen (secondary N) is 1. The van der Waals surface area contributed by atoms with Crippen molar-refractivity contribution in [1.29, 1.82) is 0 Å². The molecular weight excluding hydrogens is 278 g/mol. The maximum atomic E-state index is 12.2. The van der Waals surface area contributed by atoms with E-state index in [1.54, 1.807) is 32.0 Å². The van der Waals surface area contributed by atoms with Gasteiger partial charge in [0.2, 0.25) is 0 Å². The first kappa shape index (κ1) is 16.4. The molecular formula is C15H18ClNO3. The van der Waals surface area contributed by atoms with Crippen LogP contribution in [0.15, 0.2) is 24.3 Å². The summed E-state index contributed by atoms with van der Waals surface area (Å²) >= 11 is 5.84. The molecule has 1 aromatic rings. The molecule has 0 saturated carbocycles. The van der Waals surface area contributed by atoms with Gasteiger partial charge in [0.25, 0.3) is 5.91 Å². The largest absolute Gasteiger partial charge is 0.346 e. The zero-order valence-corrected chi connectivity index (χ0v) is 12.7. The van der Waals surface area contributed by atoms with E-state index >= 15 is 0 Å². The number of hydrogen-bond acceptors (Lipinski definition) is 3. The molecule has 5 heteroatoms. The number of ketones is 2. The fourth-order valence-electron chi connectivity index (χ4n) is 2.37. The molecule has 1 rings (SSSR count). The average molecular weight is 296 g/mol. The monoisotopic (exact) mass is 295 g/mol. The van der Waals surface area contributed by atoms with Gasteiger partial charge in [0.15, 0.2) is 0 Å². The molecule has 0 unspecified atom stereocenters. The molecule has 0 aliphatic rings. The van der Waals surface area contributed by atoms with Crippen molar-refractivity contribution in [2.75, 3.05) is 0 Å². The molecule has 0 radical (unpaired) electrons. The first-order chi connectivity index (χ1) is 9.15. The number of benzene rings is 1. The number of hydrogen-bond donors (Lipinski definition) is 1. The van der Waals surface area contributed by atoms with Crippen LogP contribution in [0.3, 0.4) is 0 Å². The topological polar surface area (TPSA) is 63.2 Å². The van der Waals surface area contributed by atoms with Crippen molar-refractivity contribution in [3.63, 3.8) is 0 Å². The standard InChI is InChI=1S/C15H18ClNO3/c1-9(18)13(10(2)19)15(3,4)17-14(20)11-6-5-7-12(16)8-11/h5-8,13H,1-4H3,(H,17,20). The van der Waals surface area contributed by atoms with Gasteiger partial charge >= 0.3 is 0 Å². The first-order valence-corrected chi connectivity index (χ1v) is 6.62. The van der Waals surface area contributed by atoms with Crippen LogP contribution >= 0.6 is 11.6 Å². The zero-order chi connectivity index (χ0) is 15.5. The summed E-state index contributed by atoms with van der Waals surface area (Å²) in [4.78, 5) is 35.4. The second kappa shape index (κ2) is 6.18. The smallest absolute Gasteiger partial charge is 0.251 e. The molecule has 20 heavy (non-hydrogen) atoms. The third-order valence-electron chi connectivity index (χ3n) is 3.06. The van der Waals surface area contributed by atoms with Gasteiger partial charge in [-0.1, -0.05) is 17.7 Å². The number of carbonyl (C=O) groups excluding carboxylic acids is 3. The highest BCUT2D eigenvalue weighted by Gasteiger charge is 2.37. The Balaban J connectivity index is 2.98. The lowest BCUT2D eigenvalue weighted by Crippen LogP contribution is -2.53. The molecule has 0 heterocycles. The van der Waals surface area contributed by atoms with E-state index in [1.165, 1.54) is 19.9 Å². The lowest BCUT2D eigenvalue weighted by atomic mass is 9.81. The van der Waals surface area contributed by atoms with E-state index in [4.69, 9.17) is 11.6 Å². The summed E-state index contributed by atoms with van der Waals surface area (Å²) in [5.41, 5.74) is -0.576. The van der Waals surface area contributed by atoms with Gasteiger partial charge in [0, 0.05) is 10.6 Å². The van der Waals surface area contributed by atoms with Crippen LogP contribution in [0, 0.1) is 5.92 Å². The summed E-state index contributed by atoms with van der Waals surface area (Å²) in [7, 11) is 0. The van der Waals surface area contributed by atoms with Crippen LogP contribution in [0.4, 0.5) is 0 Å². The second-order valence-corrected chi connectivity index (χ2v) is 5.78. The third-order valence-corrected chi connectivity index (χ3v) is 3.29. The molecule has 0 atom stereocenters. The Bertz CT molecular complexity index is 538. The molecule has 4 nitrogen and oxygen atoms in total. The van der Waals surface area contributed by atoms with Crippen LogP contribution in [-0.4, -0.2) is 23.0 Å². The van der Waals surface area contributed by atoms with Crippen molar-refractivity contribution in [2.45, 2.75) is 33.2 Å². The van der Waals surface area contributed by atoms with Crippen molar-refractivity contribution >= 4 is 29.1 Å². The van der Waals surface area contributed by atoms with Gasteiger partial charge in [0.1, 0.15) is 11.6 Å². The molecule has 0 saturated heterocycles. The van der Waals surface area contributed by atoms with Gasteiger partial charge in [-0.2, -0.15) is 0 Å². The summed E-state index contributed by atoms with van der Waals surface area (Å²) < 4.78 is 0. The highest BCUT2D eigenvalue weighted by molar-refractivity contribution is 6.31. The van der Waals surface area contributed by atoms with Gasteiger partial charge in [-0.15, -0.1) is 0 Å². The normalized spacial score (nSPS) is 11.3. The van der Waals surface area contributed by atoms with Crippen LogP contribution in [0.2, 0.25) is 5.02 Å². The minimum atomic E-state index is -0.961. The van der Waals surface area contributed by atoms with E-state index in [1.807, 2.05) is 0 Å². The number of amides is 1. The second-order valence-electron chi connectivity index (χ2n) is 5.34. The predicted octanol–water partition coefficient (Wildman–Crippen LogP) is 2.64. The minimum absolute atomic E-state index is 0.270. The van der Waals surface area contributed by atoms with E-state index in [-0.39, 0.29) is 17.5 Å². The van der Waals surface area contributed by atoms with Crippen LogP contribution in [-0.2, 0) is 9.59 Å². The van der Waals surface area contributed by atoms with E-state index in [2.05, 4.69) is 5.32 Å². The first-order valence-electron chi connectivity index (χ1n) is 6.24. The van der Waals surface area contributed by atoms with Crippen LogP contribution in [0.25, 0.3) is 0 Å². The molecule has 0 aromatic heterocycles. The third kappa shape index (κ3) is 3.90. The van der Waals surface area contributed by atoms with E-state index < -0.39 is 11.5 Å². The molecule has 108 valence electrons. The Morgan fingerprint density at radius 1 is 1.15 bits per heavy atom. The summed E-state index contributed by atoms with van der Waals surface area (Å²) in [6.07, 6.45) is 0. The Morgan fingerprint density at radius 2 is 1.70 bits per heavy atom. The van der Waals surface area contributed by atoms with Crippen LogP contribution < -0.4 is 5.32 Å². The molecule has 0 aliphatic carbocycles. The fourth-order valence-corrected chi connectivity index (χ4v) is 2.56. The molecule has 0 aliphatic heterocycles. The molecule has 1 amide bonds. The maximum absolute atomic E-state index is 12.2. The molecule has 0 bridgehead atoms. The van der Waals surface area contributed by atoms with E-state index in [0.717, 1.165) is 0 Å². The van der Waals surface area contributed by atoms with E-state index in [9.17, 15) is 14.4 Å². The minimum Gasteiger partial charge on any atom is -0.346 e. The van der Waals surface area contributed by atoms with Crippen molar-refractivity contribution < 1.29 is 14.4 Å². The predicted molar refractivity (Wildman–Crippen MR) is 77.8 cm³/mol. The Hall–Kier alpha value is -1.68. The van der Waals surface area contributed by atoms with Crippen molar-refractivity contribution in [1.82, 2.24) is 5.32 Å². The Kier molecular flexibility index (Phi) is 5.06. The van der Waals surface area contributed by atoms with Crippen LogP contribution in [0.1, 0.15) is 38.1 Å². The molecule has 1 N–H and O–H groups in total. The fraction of sp³-hybridized carbons (Fsp3) is 0.400. The van der Waals surface area contributed by atoms with Gasteiger partial charge in [-0.3, -0.25) is 14.4 Å². The number of rotatable bonds is 5. The van der Waals surface area contributed by atoms with Crippen molar-refractivity contribution in [3.05, 3.63) is 34.9 Å². The number of Topliss-reactive ketones (excluding diaryl/α,β-unsaturated/α-hetero) is 2. The Labute approximate surface area is 123 Å². The molecule has 1 aromatic carbocycles. The summed E-state index contributed by atoms with van der Waals surface area (Å²) in [6, 6.07) is 6.48. The van der Waals surface area contributed by atoms with Gasteiger partial charge in [-0.05, 0) is 45.9 Å². The van der Waals surface area contributed by atoms with Crippen molar-refractivity contribution in [2.24, 2.45) is 5.92 Å². The van der Waals surface area contributed by atoms with Gasteiger partial charge < -0.3 is 5.32 Å². The summed E-state index contributed by atoms with van der Waals surface area (Å²) in [5, 5.41) is 3.17. The van der Waals surface area contributed by atoms with Crippen LogP contribution in [0.5, 0.6) is 0 Å². The quantitative estimate of drug-likeness (QED) is 0.849. The lowest BCUT2D eigenvalue weighted by molar-refractivity contribution is -0.133. The van der Waals surface area contributed by atoms with E-state index in [0.29, 0.717) is 10.6 Å². The number of halogens is 1. The zero-order valence-electron chi connectivity index (χ0n) is 12.0. The van der Waals surface area contributed by atoms with Gasteiger partial charge in [-0.25, -0.2) is 0 Å².